The van der Waals surface area contributed by atoms with Crippen LogP contribution in [-0.2, 0) is 0 Å². The molecule has 0 aliphatic carbocycles. The number of anilines is 1. The van der Waals surface area contributed by atoms with E-state index in [9.17, 15) is 14.9 Å². The Morgan fingerprint density at radius 1 is 1.18 bits per heavy atom. The number of hydrogen-bond acceptors (Lipinski definition) is 6. The van der Waals surface area contributed by atoms with Crippen molar-refractivity contribution in [2.24, 2.45) is 5.10 Å². The Balaban J connectivity index is 1.99. The minimum Gasteiger partial charge on any atom is -0.319 e. The number of rotatable bonds is 3. The van der Waals surface area contributed by atoms with Gasteiger partial charge in [-0.3, -0.25) is 20.3 Å². The van der Waals surface area contributed by atoms with Gasteiger partial charge in [0.1, 0.15) is 0 Å². The minimum absolute atomic E-state index is 0.0451. The highest BCUT2D eigenvalue weighted by Gasteiger charge is 2.05. The third-order valence-electron chi connectivity index (χ3n) is 2.88. The summed E-state index contributed by atoms with van der Waals surface area (Å²) in [6, 6.07) is 13.3. The van der Waals surface area contributed by atoms with Gasteiger partial charge in [0.15, 0.2) is 0 Å². The number of hydrogen-bond donors (Lipinski definition) is 2. The van der Waals surface area contributed by atoms with Gasteiger partial charge in [0, 0.05) is 12.1 Å². The maximum Gasteiger partial charge on any atom is 0.286 e. The normalized spacial score (nSPS) is 11.5. The molecule has 0 amide bonds. The molecule has 0 bridgehead atoms. The number of nitrogens with zero attached hydrogens (tertiary/aromatic N) is 2. The zero-order valence-corrected chi connectivity index (χ0v) is 12.0. The van der Waals surface area contributed by atoms with Crippen molar-refractivity contribution in [3.05, 3.63) is 73.7 Å². The van der Waals surface area contributed by atoms with E-state index in [1.165, 1.54) is 23.5 Å². The van der Waals surface area contributed by atoms with Crippen LogP contribution in [0.25, 0.3) is 10.2 Å². The van der Waals surface area contributed by atoms with Crippen molar-refractivity contribution in [1.29, 1.82) is 0 Å². The van der Waals surface area contributed by atoms with Gasteiger partial charge < -0.3 is 4.98 Å². The summed E-state index contributed by atoms with van der Waals surface area (Å²) in [7, 11) is 0. The van der Waals surface area contributed by atoms with Gasteiger partial charge >= 0.3 is 0 Å². The fraction of sp³-hybridized carbons (Fsp3) is 0. The lowest BCUT2D eigenvalue weighted by atomic mass is 10.3. The van der Waals surface area contributed by atoms with Crippen LogP contribution in [0.3, 0.4) is 0 Å². The molecule has 0 atom stereocenters. The smallest absolute Gasteiger partial charge is 0.286 e. The molecule has 0 saturated carbocycles. The summed E-state index contributed by atoms with van der Waals surface area (Å²) in [6.07, 6.45) is 0. The second kappa shape index (κ2) is 5.78. The zero-order valence-electron chi connectivity index (χ0n) is 11.1. The maximum atomic E-state index is 11.9. The standard InChI is InChI=1S/C14H10N4O3S/c19-13-14(22-12-7-2-1-6-11(12)15-13)17-16-9-4-3-5-10(8-9)18(20)21/h1-8,16H,(H,15,19)/b17-14+. The van der Waals surface area contributed by atoms with Crippen LogP contribution in [0.1, 0.15) is 0 Å². The molecule has 8 heteroatoms. The zero-order chi connectivity index (χ0) is 15.5. The highest BCUT2D eigenvalue weighted by atomic mass is 32.1. The van der Waals surface area contributed by atoms with Crippen LogP contribution in [0.2, 0.25) is 0 Å². The molecule has 2 aromatic carbocycles. The van der Waals surface area contributed by atoms with Gasteiger partial charge in [0.2, 0.25) is 4.67 Å². The highest BCUT2D eigenvalue weighted by molar-refractivity contribution is 7.16. The van der Waals surface area contributed by atoms with Crippen LogP contribution in [0.5, 0.6) is 0 Å². The molecule has 1 aromatic heterocycles. The van der Waals surface area contributed by atoms with Crippen LogP contribution in [0, 0.1) is 10.1 Å². The Bertz CT molecular complexity index is 977. The molecule has 2 N–H and O–H groups in total. The quantitative estimate of drug-likeness (QED) is 0.572. The van der Waals surface area contributed by atoms with Crippen molar-refractivity contribution in [2.75, 3.05) is 5.43 Å². The van der Waals surface area contributed by atoms with Gasteiger partial charge in [0.05, 0.1) is 20.8 Å². The van der Waals surface area contributed by atoms with Gasteiger partial charge in [-0.2, -0.15) is 5.10 Å². The summed E-state index contributed by atoms with van der Waals surface area (Å²) in [4.78, 5) is 24.9. The van der Waals surface area contributed by atoms with Crippen LogP contribution >= 0.6 is 11.3 Å². The average molecular weight is 314 g/mol. The second-order valence-corrected chi connectivity index (χ2v) is 5.42. The van der Waals surface area contributed by atoms with Gasteiger partial charge in [0.25, 0.3) is 11.2 Å². The van der Waals surface area contributed by atoms with Crippen LogP contribution in [0.4, 0.5) is 11.4 Å². The Kier molecular flexibility index (Phi) is 3.67. The number of non-ortho nitro benzene ring substituents is 1. The molecule has 3 aromatic rings. The van der Waals surface area contributed by atoms with Crippen molar-refractivity contribution < 1.29 is 4.92 Å². The van der Waals surface area contributed by atoms with E-state index in [-0.39, 0.29) is 15.9 Å². The third kappa shape index (κ3) is 2.86. The van der Waals surface area contributed by atoms with Crippen LogP contribution in [0.15, 0.2) is 58.4 Å². The molecule has 1 heterocycles. The molecule has 0 unspecified atom stereocenters. The average Bonchev–Trinajstić information content (AvgIpc) is 2.53. The first-order valence-corrected chi connectivity index (χ1v) is 7.11. The van der Waals surface area contributed by atoms with E-state index in [2.05, 4.69) is 15.5 Å². The van der Waals surface area contributed by atoms with Gasteiger partial charge in [-0.05, 0) is 18.2 Å². The van der Waals surface area contributed by atoms with E-state index in [1.807, 2.05) is 24.3 Å². The monoisotopic (exact) mass is 314 g/mol. The number of H-pyrrole nitrogens is 1. The first-order valence-electron chi connectivity index (χ1n) is 6.30. The number of aromatic amines is 1. The van der Waals surface area contributed by atoms with E-state index in [0.717, 1.165) is 10.2 Å². The van der Waals surface area contributed by atoms with Crippen LogP contribution in [-0.4, -0.2) is 9.91 Å². The van der Waals surface area contributed by atoms with E-state index in [4.69, 9.17) is 0 Å². The maximum absolute atomic E-state index is 11.9. The summed E-state index contributed by atoms with van der Waals surface area (Å²) < 4.78 is 1.13. The number of benzene rings is 2. The number of nitro benzene ring substituents is 1. The van der Waals surface area contributed by atoms with E-state index in [0.29, 0.717) is 5.69 Å². The van der Waals surface area contributed by atoms with Gasteiger partial charge in [-0.25, -0.2) is 0 Å². The minimum atomic E-state index is -0.489. The molecule has 0 aliphatic heterocycles. The lowest BCUT2D eigenvalue weighted by Crippen LogP contribution is -2.25. The fourth-order valence-corrected chi connectivity index (χ4v) is 2.68. The number of nitrogens with one attached hydrogen (secondary N) is 2. The molecular formula is C14H10N4O3S. The summed E-state index contributed by atoms with van der Waals surface area (Å²) in [5.41, 5.74) is 3.49. The highest BCUT2D eigenvalue weighted by Crippen LogP contribution is 2.16. The van der Waals surface area contributed by atoms with Gasteiger partial charge in [-0.15, -0.1) is 11.3 Å². The summed E-state index contributed by atoms with van der Waals surface area (Å²) >= 11 is 1.24. The summed E-state index contributed by atoms with van der Waals surface area (Å²) in [6.45, 7) is 0. The van der Waals surface area contributed by atoms with Crippen molar-refractivity contribution >= 4 is 32.9 Å². The molecule has 0 aliphatic rings. The molecule has 110 valence electrons. The Labute approximate surface area is 127 Å². The first-order chi connectivity index (χ1) is 10.6. The lowest BCUT2D eigenvalue weighted by Gasteiger charge is -1.99. The van der Waals surface area contributed by atoms with E-state index >= 15 is 0 Å². The lowest BCUT2D eigenvalue weighted by molar-refractivity contribution is -0.384. The molecular weight excluding hydrogens is 304 g/mol. The fourth-order valence-electron chi connectivity index (χ4n) is 1.86. The molecule has 0 saturated heterocycles. The number of para-hydroxylation sites is 1. The van der Waals surface area contributed by atoms with E-state index < -0.39 is 4.92 Å². The SMILES string of the molecule is O=c1[nH]c2ccccc2s/c1=N/Nc1cccc([N+](=O)[O-])c1. The number of aromatic nitrogens is 1. The number of nitro groups is 1. The molecule has 0 fully saturated rings. The van der Waals surface area contributed by atoms with Crippen LogP contribution < -0.4 is 15.7 Å². The third-order valence-corrected chi connectivity index (χ3v) is 3.93. The first kappa shape index (κ1) is 14.0. The number of fused-ring (bicyclic) bond motifs is 1. The predicted octanol–water partition coefficient (Wildman–Crippen LogP) is 2.43. The Hall–Kier alpha value is -3.00. The Morgan fingerprint density at radius 2 is 2.00 bits per heavy atom. The predicted molar refractivity (Wildman–Crippen MR) is 84.7 cm³/mol. The van der Waals surface area contributed by atoms with Gasteiger partial charge in [-0.1, -0.05) is 18.2 Å². The summed E-state index contributed by atoms with van der Waals surface area (Å²) in [5, 5.41) is 14.8. The van der Waals surface area contributed by atoms with E-state index in [1.54, 1.807) is 12.1 Å². The molecule has 3 rings (SSSR count). The van der Waals surface area contributed by atoms with Crippen molar-refractivity contribution in [1.82, 2.24) is 4.98 Å². The Morgan fingerprint density at radius 3 is 2.82 bits per heavy atom. The molecule has 0 spiro atoms. The van der Waals surface area contributed by atoms with Crippen molar-refractivity contribution in [3.8, 4) is 0 Å². The van der Waals surface area contributed by atoms with Crippen molar-refractivity contribution in [2.45, 2.75) is 0 Å². The molecule has 0 radical (unpaired) electrons. The molecule has 7 nitrogen and oxygen atoms in total. The second-order valence-electron chi connectivity index (χ2n) is 4.39. The molecule has 22 heavy (non-hydrogen) atoms. The van der Waals surface area contributed by atoms with Crippen molar-refractivity contribution in [3.63, 3.8) is 0 Å². The largest absolute Gasteiger partial charge is 0.319 e. The topological polar surface area (TPSA) is 100 Å². The summed E-state index contributed by atoms with van der Waals surface area (Å²) in [5.74, 6) is 0.